The van der Waals surface area contributed by atoms with Gasteiger partial charge >= 0.3 is 5.97 Å². The standard InChI is InChI=1S/C28H36O3/c1-2-3-4-5-6-22-7-9-24(10-8-22)21-31-27-18-16-26(17-19-27)25-14-11-23(12-15-25)13-20-28(29)30/h11-20,22,24H,2-10,21H2,1H3,(H,29,30)/t22-,24-. The van der Waals surface area contributed by atoms with E-state index >= 15 is 0 Å². The number of hydrogen-bond donors (Lipinski definition) is 1. The van der Waals surface area contributed by atoms with E-state index in [4.69, 9.17) is 9.84 Å². The number of aliphatic carboxylic acids is 1. The van der Waals surface area contributed by atoms with E-state index in [-0.39, 0.29) is 0 Å². The fraction of sp³-hybridized carbons (Fsp3) is 0.464. The molecule has 1 aliphatic rings. The van der Waals surface area contributed by atoms with Gasteiger partial charge in [0.05, 0.1) is 6.61 Å². The van der Waals surface area contributed by atoms with Crippen LogP contribution in [0.1, 0.15) is 70.3 Å². The molecule has 0 aliphatic heterocycles. The van der Waals surface area contributed by atoms with Gasteiger partial charge in [-0.3, -0.25) is 0 Å². The molecule has 0 saturated heterocycles. The molecule has 1 fully saturated rings. The fourth-order valence-electron chi connectivity index (χ4n) is 4.46. The molecule has 0 bridgehead atoms. The highest BCUT2D eigenvalue weighted by Crippen LogP contribution is 2.32. The first-order valence-corrected chi connectivity index (χ1v) is 11.9. The lowest BCUT2D eigenvalue weighted by atomic mass is 9.80. The number of rotatable bonds is 11. The van der Waals surface area contributed by atoms with Gasteiger partial charge in [-0.1, -0.05) is 88.3 Å². The van der Waals surface area contributed by atoms with Crippen molar-refractivity contribution in [2.45, 2.75) is 64.7 Å². The average molecular weight is 421 g/mol. The Morgan fingerprint density at radius 2 is 1.52 bits per heavy atom. The van der Waals surface area contributed by atoms with Gasteiger partial charge in [0.2, 0.25) is 0 Å². The van der Waals surface area contributed by atoms with Gasteiger partial charge in [-0.05, 0) is 59.6 Å². The Hall–Kier alpha value is -2.55. The van der Waals surface area contributed by atoms with Crippen molar-refractivity contribution >= 4 is 12.0 Å². The van der Waals surface area contributed by atoms with Crippen LogP contribution in [0, 0.1) is 11.8 Å². The van der Waals surface area contributed by atoms with Gasteiger partial charge in [-0.15, -0.1) is 0 Å². The second-order valence-electron chi connectivity index (χ2n) is 8.87. The molecule has 0 aromatic heterocycles. The van der Waals surface area contributed by atoms with E-state index < -0.39 is 5.97 Å². The summed E-state index contributed by atoms with van der Waals surface area (Å²) in [6.45, 7) is 3.10. The first kappa shape index (κ1) is 23.1. The van der Waals surface area contributed by atoms with Gasteiger partial charge in [0, 0.05) is 6.08 Å². The van der Waals surface area contributed by atoms with Gasteiger partial charge in [0.25, 0.3) is 0 Å². The molecule has 0 unspecified atom stereocenters. The molecular formula is C28H36O3. The predicted molar refractivity (Wildman–Crippen MR) is 128 cm³/mol. The Morgan fingerprint density at radius 3 is 2.13 bits per heavy atom. The van der Waals surface area contributed by atoms with E-state index in [0.717, 1.165) is 41.0 Å². The minimum Gasteiger partial charge on any atom is -0.493 e. The zero-order valence-electron chi connectivity index (χ0n) is 18.8. The average Bonchev–Trinajstić information content (AvgIpc) is 2.81. The molecule has 1 saturated carbocycles. The lowest BCUT2D eigenvalue weighted by Crippen LogP contribution is -2.20. The Bertz CT molecular complexity index is 812. The SMILES string of the molecule is CCCCCC[C@H]1CC[C@H](COc2ccc(-c3ccc(C=CC(=O)O)cc3)cc2)CC1. The smallest absolute Gasteiger partial charge is 0.328 e. The van der Waals surface area contributed by atoms with E-state index in [0.29, 0.717) is 5.92 Å². The quantitative estimate of drug-likeness (QED) is 0.300. The number of benzene rings is 2. The molecule has 0 spiro atoms. The maximum absolute atomic E-state index is 10.6. The summed E-state index contributed by atoms with van der Waals surface area (Å²) in [5.41, 5.74) is 3.11. The highest BCUT2D eigenvalue weighted by Gasteiger charge is 2.21. The van der Waals surface area contributed by atoms with Gasteiger partial charge in [-0.25, -0.2) is 4.79 Å². The van der Waals surface area contributed by atoms with Crippen LogP contribution in [0.25, 0.3) is 17.2 Å². The zero-order valence-corrected chi connectivity index (χ0v) is 18.8. The Balaban J connectivity index is 1.41. The summed E-state index contributed by atoms with van der Waals surface area (Å²) in [6, 6.07) is 16.2. The van der Waals surface area contributed by atoms with Crippen LogP contribution in [0.15, 0.2) is 54.6 Å². The van der Waals surface area contributed by atoms with Crippen molar-refractivity contribution < 1.29 is 14.6 Å². The number of unbranched alkanes of at least 4 members (excludes halogenated alkanes) is 3. The van der Waals surface area contributed by atoms with Crippen molar-refractivity contribution in [2.75, 3.05) is 6.61 Å². The van der Waals surface area contributed by atoms with E-state index in [9.17, 15) is 4.79 Å². The molecule has 3 nitrogen and oxygen atoms in total. The highest BCUT2D eigenvalue weighted by atomic mass is 16.5. The van der Waals surface area contributed by atoms with Crippen molar-refractivity contribution in [1.29, 1.82) is 0 Å². The molecule has 2 aromatic rings. The second kappa shape index (κ2) is 12.3. The molecule has 0 radical (unpaired) electrons. The minimum atomic E-state index is -0.935. The first-order chi connectivity index (χ1) is 15.1. The third-order valence-corrected chi connectivity index (χ3v) is 6.43. The fourth-order valence-corrected chi connectivity index (χ4v) is 4.46. The van der Waals surface area contributed by atoms with Crippen molar-refractivity contribution in [2.24, 2.45) is 11.8 Å². The van der Waals surface area contributed by atoms with Gasteiger partial charge in [0.1, 0.15) is 5.75 Å². The molecule has 0 amide bonds. The topological polar surface area (TPSA) is 46.5 Å². The molecule has 0 atom stereocenters. The summed E-state index contributed by atoms with van der Waals surface area (Å²) >= 11 is 0. The summed E-state index contributed by atoms with van der Waals surface area (Å²) in [7, 11) is 0. The van der Waals surface area contributed by atoms with Crippen molar-refractivity contribution in [3.63, 3.8) is 0 Å². The molecule has 31 heavy (non-hydrogen) atoms. The monoisotopic (exact) mass is 420 g/mol. The third-order valence-electron chi connectivity index (χ3n) is 6.43. The van der Waals surface area contributed by atoms with E-state index in [1.807, 2.05) is 36.4 Å². The summed E-state index contributed by atoms with van der Waals surface area (Å²) < 4.78 is 6.09. The van der Waals surface area contributed by atoms with Crippen molar-refractivity contribution in [3.8, 4) is 16.9 Å². The maximum atomic E-state index is 10.6. The first-order valence-electron chi connectivity index (χ1n) is 11.9. The molecule has 166 valence electrons. The molecule has 3 rings (SSSR count). The highest BCUT2D eigenvalue weighted by molar-refractivity contribution is 5.85. The normalized spacial score (nSPS) is 18.9. The van der Waals surface area contributed by atoms with Crippen LogP contribution in [0.3, 0.4) is 0 Å². The van der Waals surface area contributed by atoms with Crippen molar-refractivity contribution in [3.05, 3.63) is 60.2 Å². The Labute approximate surface area is 187 Å². The number of carboxylic acid groups (broad SMARTS) is 1. The van der Waals surface area contributed by atoms with Gasteiger partial charge < -0.3 is 9.84 Å². The summed E-state index contributed by atoms with van der Waals surface area (Å²) in [4.78, 5) is 10.6. The van der Waals surface area contributed by atoms with Crippen LogP contribution in [-0.2, 0) is 4.79 Å². The largest absolute Gasteiger partial charge is 0.493 e. The van der Waals surface area contributed by atoms with Crippen LogP contribution in [0.4, 0.5) is 0 Å². The van der Waals surface area contributed by atoms with Crippen molar-refractivity contribution in [1.82, 2.24) is 0 Å². The maximum Gasteiger partial charge on any atom is 0.328 e. The van der Waals surface area contributed by atoms with Crippen LogP contribution < -0.4 is 4.74 Å². The molecule has 3 heteroatoms. The summed E-state index contributed by atoms with van der Waals surface area (Å²) in [5.74, 6) is 1.64. The molecular weight excluding hydrogens is 384 g/mol. The third kappa shape index (κ3) is 7.90. The van der Waals surface area contributed by atoms with Crippen LogP contribution >= 0.6 is 0 Å². The Morgan fingerprint density at radius 1 is 0.903 bits per heavy atom. The van der Waals surface area contributed by atoms with E-state index in [1.54, 1.807) is 6.08 Å². The van der Waals surface area contributed by atoms with Crippen LogP contribution in [0.5, 0.6) is 5.75 Å². The number of ether oxygens (including phenoxy) is 1. The number of hydrogen-bond acceptors (Lipinski definition) is 2. The van der Waals surface area contributed by atoms with Crippen LogP contribution in [-0.4, -0.2) is 17.7 Å². The minimum absolute atomic E-state index is 0.693. The summed E-state index contributed by atoms with van der Waals surface area (Å²) in [6.07, 6.45) is 15.1. The second-order valence-corrected chi connectivity index (χ2v) is 8.87. The van der Waals surface area contributed by atoms with Crippen LogP contribution in [0.2, 0.25) is 0 Å². The lowest BCUT2D eigenvalue weighted by molar-refractivity contribution is -0.131. The van der Waals surface area contributed by atoms with Gasteiger partial charge in [0.15, 0.2) is 0 Å². The van der Waals surface area contributed by atoms with E-state index in [1.165, 1.54) is 57.8 Å². The molecule has 0 heterocycles. The lowest BCUT2D eigenvalue weighted by Gasteiger charge is -2.28. The summed E-state index contributed by atoms with van der Waals surface area (Å²) in [5, 5.41) is 8.72. The van der Waals surface area contributed by atoms with Gasteiger partial charge in [-0.2, -0.15) is 0 Å². The molecule has 1 aliphatic carbocycles. The molecule has 2 aromatic carbocycles. The Kier molecular flexibility index (Phi) is 9.20. The zero-order chi connectivity index (χ0) is 21.9. The molecule has 1 N–H and O–H groups in total. The number of carbonyl (C=O) groups is 1. The van der Waals surface area contributed by atoms with E-state index in [2.05, 4.69) is 19.1 Å². The number of carboxylic acids is 1. The predicted octanol–water partition coefficient (Wildman–Crippen LogP) is 7.61.